The molecule has 4 heteroatoms. The Morgan fingerprint density at radius 3 is 2.48 bits per heavy atom. The molecule has 1 aliphatic rings. The number of nitrogens with zero attached hydrogens (tertiary/aromatic N) is 2. The van der Waals surface area contributed by atoms with Gasteiger partial charge < -0.3 is 4.90 Å². The molecule has 1 heterocycles. The maximum absolute atomic E-state index is 13.2. The third-order valence-electron chi connectivity index (χ3n) is 5.02. The number of piperazine rings is 1. The molecule has 0 aromatic heterocycles. The van der Waals surface area contributed by atoms with E-state index in [0.29, 0.717) is 6.54 Å². The second-order valence-electron chi connectivity index (χ2n) is 6.92. The standard InChI is InChI=1S/C21H25FN2O/c1-16(14-17-6-4-3-5-7-17)21(25)24-13-12-23(2)20(15-24)18-8-10-19(22)11-9-18/h3-11,16,20H,12-15H2,1-2H3. The Hall–Kier alpha value is -2.20. The van der Waals surface area contributed by atoms with Gasteiger partial charge in [0, 0.05) is 25.6 Å². The number of hydrogen-bond acceptors (Lipinski definition) is 2. The van der Waals surface area contributed by atoms with Crippen LogP contribution in [0.4, 0.5) is 4.39 Å². The number of rotatable bonds is 4. The average molecular weight is 340 g/mol. The van der Waals surface area contributed by atoms with Gasteiger partial charge in [-0.3, -0.25) is 9.69 Å². The van der Waals surface area contributed by atoms with Crippen molar-refractivity contribution in [1.29, 1.82) is 0 Å². The second kappa shape index (κ2) is 7.79. The van der Waals surface area contributed by atoms with Gasteiger partial charge in [-0.1, -0.05) is 49.4 Å². The second-order valence-corrected chi connectivity index (χ2v) is 6.92. The summed E-state index contributed by atoms with van der Waals surface area (Å²) in [6.45, 7) is 4.22. The van der Waals surface area contributed by atoms with Gasteiger partial charge in [-0.15, -0.1) is 0 Å². The number of amides is 1. The number of halogens is 1. The van der Waals surface area contributed by atoms with Gasteiger partial charge in [0.25, 0.3) is 0 Å². The molecule has 0 bridgehead atoms. The van der Waals surface area contributed by atoms with Crippen LogP contribution >= 0.6 is 0 Å². The van der Waals surface area contributed by atoms with Crippen LogP contribution in [0, 0.1) is 11.7 Å². The minimum Gasteiger partial charge on any atom is -0.339 e. The molecule has 1 fully saturated rings. The number of carbonyl (C=O) groups is 1. The summed E-state index contributed by atoms with van der Waals surface area (Å²) in [6, 6.07) is 16.9. The van der Waals surface area contributed by atoms with Crippen molar-refractivity contribution >= 4 is 5.91 Å². The van der Waals surface area contributed by atoms with Gasteiger partial charge in [-0.05, 0) is 36.7 Å². The molecule has 3 rings (SSSR count). The molecule has 2 aromatic rings. The van der Waals surface area contributed by atoms with Crippen LogP contribution in [-0.4, -0.2) is 42.4 Å². The van der Waals surface area contributed by atoms with E-state index in [9.17, 15) is 9.18 Å². The van der Waals surface area contributed by atoms with E-state index in [1.54, 1.807) is 0 Å². The fraction of sp³-hybridized carbons (Fsp3) is 0.381. The van der Waals surface area contributed by atoms with Crippen molar-refractivity contribution in [3.8, 4) is 0 Å². The smallest absolute Gasteiger partial charge is 0.225 e. The Morgan fingerprint density at radius 2 is 1.80 bits per heavy atom. The molecule has 2 atom stereocenters. The predicted octanol–water partition coefficient (Wildman–Crippen LogP) is 3.52. The molecule has 0 N–H and O–H groups in total. The number of benzene rings is 2. The molecule has 0 spiro atoms. The summed E-state index contributed by atoms with van der Waals surface area (Å²) in [7, 11) is 2.06. The topological polar surface area (TPSA) is 23.6 Å². The van der Waals surface area contributed by atoms with Gasteiger partial charge in [0.05, 0.1) is 6.04 Å². The first-order valence-corrected chi connectivity index (χ1v) is 8.83. The van der Waals surface area contributed by atoms with Crippen molar-refractivity contribution < 1.29 is 9.18 Å². The Morgan fingerprint density at radius 1 is 1.12 bits per heavy atom. The molecule has 1 saturated heterocycles. The van der Waals surface area contributed by atoms with Crippen molar-refractivity contribution in [3.63, 3.8) is 0 Å². The lowest BCUT2D eigenvalue weighted by molar-refractivity contribution is -0.137. The first kappa shape index (κ1) is 17.6. The summed E-state index contributed by atoms with van der Waals surface area (Å²) in [6.07, 6.45) is 0.757. The number of carbonyl (C=O) groups excluding carboxylic acids is 1. The maximum atomic E-state index is 13.2. The molecular formula is C21H25FN2O. The van der Waals surface area contributed by atoms with Crippen LogP contribution in [0.1, 0.15) is 24.1 Å². The molecule has 0 radical (unpaired) electrons. The highest BCUT2D eigenvalue weighted by atomic mass is 19.1. The lowest BCUT2D eigenvalue weighted by Crippen LogP contribution is -2.50. The van der Waals surface area contributed by atoms with E-state index in [1.807, 2.05) is 42.2 Å². The van der Waals surface area contributed by atoms with Crippen LogP contribution < -0.4 is 0 Å². The molecule has 2 unspecified atom stereocenters. The Labute approximate surface area is 149 Å². The molecule has 2 aromatic carbocycles. The average Bonchev–Trinajstić information content (AvgIpc) is 2.63. The molecule has 25 heavy (non-hydrogen) atoms. The fourth-order valence-corrected chi connectivity index (χ4v) is 3.49. The summed E-state index contributed by atoms with van der Waals surface area (Å²) in [5, 5.41) is 0. The molecule has 0 saturated carbocycles. The van der Waals surface area contributed by atoms with E-state index < -0.39 is 0 Å². The Bertz CT molecular complexity index is 702. The molecule has 132 valence electrons. The van der Waals surface area contributed by atoms with E-state index in [1.165, 1.54) is 17.7 Å². The maximum Gasteiger partial charge on any atom is 0.225 e. The quantitative estimate of drug-likeness (QED) is 0.850. The third kappa shape index (κ3) is 4.26. The van der Waals surface area contributed by atoms with Gasteiger partial charge in [-0.2, -0.15) is 0 Å². The van der Waals surface area contributed by atoms with Crippen LogP contribution in [0.2, 0.25) is 0 Å². The first-order valence-electron chi connectivity index (χ1n) is 8.83. The van der Waals surface area contributed by atoms with Gasteiger partial charge in [-0.25, -0.2) is 4.39 Å². The Balaban J connectivity index is 1.67. The van der Waals surface area contributed by atoms with Gasteiger partial charge in [0.15, 0.2) is 0 Å². The normalized spacial score (nSPS) is 19.6. The summed E-state index contributed by atoms with van der Waals surface area (Å²) in [4.78, 5) is 17.1. The largest absolute Gasteiger partial charge is 0.339 e. The van der Waals surface area contributed by atoms with Gasteiger partial charge in [0.2, 0.25) is 5.91 Å². The predicted molar refractivity (Wildman–Crippen MR) is 97.7 cm³/mol. The highest BCUT2D eigenvalue weighted by molar-refractivity contribution is 5.79. The van der Waals surface area contributed by atoms with Crippen LogP contribution in [0.3, 0.4) is 0 Å². The molecule has 1 amide bonds. The molecule has 3 nitrogen and oxygen atoms in total. The van der Waals surface area contributed by atoms with E-state index in [0.717, 1.165) is 25.1 Å². The zero-order valence-electron chi connectivity index (χ0n) is 14.9. The SMILES string of the molecule is CC(Cc1ccccc1)C(=O)N1CCN(C)C(c2ccc(F)cc2)C1. The first-order chi connectivity index (χ1) is 12.0. The summed E-state index contributed by atoms with van der Waals surface area (Å²) in [5.41, 5.74) is 2.24. The van der Waals surface area contributed by atoms with Crippen molar-refractivity contribution in [3.05, 3.63) is 71.5 Å². The van der Waals surface area contributed by atoms with Gasteiger partial charge in [0.1, 0.15) is 5.82 Å². The van der Waals surface area contributed by atoms with Crippen LogP contribution in [0.15, 0.2) is 54.6 Å². The van der Waals surface area contributed by atoms with Crippen molar-refractivity contribution in [2.75, 3.05) is 26.7 Å². The number of likely N-dealkylation sites (N-methyl/N-ethyl adjacent to an activating group) is 1. The summed E-state index contributed by atoms with van der Waals surface area (Å²) in [5.74, 6) is -0.0737. The van der Waals surface area contributed by atoms with Crippen molar-refractivity contribution in [2.45, 2.75) is 19.4 Å². The zero-order valence-corrected chi connectivity index (χ0v) is 14.9. The van der Waals surface area contributed by atoms with Crippen LogP contribution in [-0.2, 0) is 11.2 Å². The van der Waals surface area contributed by atoms with Gasteiger partial charge >= 0.3 is 0 Å². The van der Waals surface area contributed by atoms with Crippen LogP contribution in [0.5, 0.6) is 0 Å². The highest BCUT2D eigenvalue weighted by Crippen LogP contribution is 2.25. The summed E-state index contributed by atoms with van der Waals surface area (Å²) < 4.78 is 13.2. The van der Waals surface area contributed by atoms with E-state index >= 15 is 0 Å². The van der Waals surface area contributed by atoms with E-state index in [4.69, 9.17) is 0 Å². The minimum atomic E-state index is -0.230. The molecule has 1 aliphatic heterocycles. The van der Waals surface area contributed by atoms with Crippen molar-refractivity contribution in [1.82, 2.24) is 9.80 Å². The van der Waals surface area contributed by atoms with E-state index in [2.05, 4.69) is 24.1 Å². The highest BCUT2D eigenvalue weighted by Gasteiger charge is 2.30. The summed E-state index contributed by atoms with van der Waals surface area (Å²) >= 11 is 0. The molecular weight excluding hydrogens is 315 g/mol. The fourth-order valence-electron chi connectivity index (χ4n) is 3.49. The van der Waals surface area contributed by atoms with Crippen molar-refractivity contribution in [2.24, 2.45) is 5.92 Å². The minimum absolute atomic E-state index is 0.0420. The molecule has 0 aliphatic carbocycles. The lowest BCUT2D eigenvalue weighted by Gasteiger charge is -2.40. The Kier molecular flexibility index (Phi) is 5.49. The van der Waals surface area contributed by atoms with Crippen LogP contribution in [0.25, 0.3) is 0 Å². The lowest BCUT2D eigenvalue weighted by atomic mass is 9.97. The zero-order chi connectivity index (χ0) is 17.8. The monoisotopic (exact) mass is 340 g/mol. The van der Waals surface area contributed by atoms with E-state index in [-0.39, 0.29) is 23.7 Å². The third-order valence-corrected chi connectivity index (χ3v) is 5.02. The number of hydrogen-bond donors (Lipinski definition) is 0.